The predicted octanol–water partition coefficient (Wildman–Crippen LogP) is 1.54. The van der Waals surface area contributed by atoms with E-state index in [2.05, 4.69) is 0 Å². The van der Waals surface area contributed by atoms with Crippen molar-refractivity contribution in [1.82, 2.24) is 9.80 Å². The van der Waals surface area contributed by atoms with Crippen LogP contribution in [0.25, 0.3) is 0 Å². The van der Waals surface area contributed by atoms with Gasteiger partial charge in [0.25, 0.3) is 5.91 Å². The third-order valence-electron chi connectivity index (χ3n) is 4.98. The maximum absolute atomic E-state index is 12.9. The van der Waals surface area contributed by atoms with Crippen LogP contribution in [0.5, 0.6) is 0 Å². The monoisotopic (exact) mass is 370 g/mol. The van der Waals surface area contributed by atoms with Gasteiger partial charge in [0.2, 0.25) is 0 Å². The number of alkyl halides is 3. The van der Waals surface area contributed by atoms with E-state index < -0.39 is 29.7 Å². The fourth-order valence-corrected chi connectivity index (χ4v) is 4.18. The van der Waals surface area contributed by atoms with Gasteiger partial charge in [0.15, 0.2) is 5.11 Å². The minimum atomic E-state index is -4.56. The summed E-state index contributed by atoms with van der Waals surface area (Å²) in [5, 5.41) is 0.157. The molecule has 0 radical (unpaired) electrons. The molecule has 10 heteroatoms. The minimum absolute atomic E-state index is 0.0829. The first kappa shape index (κ1) is 16.1. The second-order valence-corrected chi connectivity index (χ2v) is 6.72. The molecule has 1 aromatic rings. The molecule has 3 amide bonds. The molecule has 0 aromatic heterocycles. The third-order valence-corrected chi connectivity index (χ3v) is 5.21. The van der Waals surface area contributed by atoms with E-state index >= 15 is 0 Å². The second-order valence-electron chi connectivity index (χ2n) is 6.30. The Hall–Kier alpha value is -2.36. The van der Waals surface area contributed by atoms with E-state index in [0.29, 0.717) is 13.0 Å². The molecule has 3 aliphatic heterocycles. The molecule has 3 aliphatic rings. The SMILES string of the molecule is NC(=S)N1CC2CC1C1C(=O)N(c3cccc(C(F)(F)F)c3)C(=O)N21. The van der Waals surface area contributed by atoms with Gasteiger partial charge in [-0.25, -0.2) is 9.69 Å². The lowest BCUT2D eigenvalue weighted by Crippen LogP contribution is -2.56. The Kier molecular flexibility index (Phi) is 3.27. The number of amides is 3. The van der Waals surface area contributed by atoms with Crippen LogP contribution in [0.3, 0.4) is 0 Å². The number of rotatable bonds is 1. The normalized spacial score (nSPS) is 28.1. The predicted molar refractivity (Wildman–Crippen MR) is 85.6 cm³/mol. The van der Waals surface area contributed by atoms with Gasteiger partial charge in [-0.3, -0.25) is 4.79 Å². The van der Waals surface area contributed by atoms with Gasteiger partial charge in [0.05, 0.1) is 23.3 Å². The number of piperazine rings is 1. The summed E-state index contributed by atoms with van der Waals surface area (Å²) in [6, 6.07) is 2.31. The van der Waals surface area contributed by atoms with Crippen LogP contribution in [0.2, 0.25) is 0 Å². The molecular weight excluding hydrogens is 357 g/mol. The molecule has 0 aliphatic carbocycles. The van der Waals surface area contributed by atoms with Gasteiger partial charge in [-0.15, -0.1) is 0 Å². The molecule has 25 heavy (non-hydrogen) atoms. The molecule has 2 N–H and O–H groups in total. The topological polar surface area (TPSA) is 69.9 Å². The summed E-state index contributed by atoms with van der Waals surface area (Å²) in [4.78, 5) is 29.5. The number of halogens is 3. The van der Waals surface area contributed by atoms with Crippen LogP contribution in [-0.2, 0) is 11.0 Å². The lowest BCUT2D eigenvalue weighted by atomic mass is 10.1. The van der Waals surface area contributed by atoms with Crippen LogP contribution in [0, 0.1) is 0 Å². The number of hydrogen-bond donors (Lipinski definition) is 1. The standard InChI is InChI=1S/C15H13F3N4O2S/c16-15(17,18)7-2-1-3-8(4-7)22-12(23)11-10-5-9(21(11)14(22)24)6-20(10)13(19)25/h1-4,9-11H,5-6H2,(H2,19,25). The number of urea groups is 1. The number of benzene rings is 1. The van der Waals surface area contributed by atoms with Crippen LogP contribution in [0.4, 0.5) is 23.7 Å². The fourth-order valence-electron chi connectivity index (χ4n) is 3.97. The van der Waals surface area contributed by atoms with Gasteiger partial charge in [-0.05, 0) is 36.8 Å². The summed E-state index contributed by atoms with van der Waals surface area (Å²) < 4.78 is 38.8. The van der Waals surface area contributed by atoms with Gasteiger partial charge >= 0.3 is 12.2 Å². The van der Waals surface area contributed by atoms with Gasteiger partial charge in [0, 0.05) is 6.54 Å². The van der Waals surface area contributed by atoms with E-state index in [1.54, 1.807) is 4.90 Å². The van der Waals surface area contributed by atoms with Crippen molar-refractivity contribution in [2.24, 2.45) is 5.73 Å². The maximum atomic E-state index is 12.9. The Morgan fingerprint density at radius 2 is 2.00 bits per heavy atom. The number of imide groups is 1. The number of nitrogens with two attached hydrogens (primary N) is 1. The summed E-state index contributed by atoms with van der Waals surface area (Å²) in [7, 11) is 0. The van der Waals surface area contributed by atoms with Crippen molar-refractivity contribution in [2.45, 2.75) is 30.7 Å². The number of anilines is 1. The molecule has 3 unspecified atom stereocenters. The molecule has 0 saturated carbocycles. The molecular formula is C15H13F3N4O2S. The zero-order valence-electron chi connectivity index (χ0n) is 12.7. The van der Waals surface area contributed by atoms with Crippen molar-refractivity contribution in [1.29, 1.82) is 0 Å². The molecule has 0 spiro atoms. The lowest BCUT2D eigenvalue weighted by molar-refractivity contribution is -0.137. The average molecular weight is 370 g/mol. The van der Waals surface area contributed by atoms with E-state index in [1.165, 1.54) is 17.0 Å². The molecule has 3 heterocycles. The van der Waals surface area contributed by atoms with Crippen molar-refractivity contribution in [2.75, 3.05) is 11.4 Å². The Labute approximate surface area is 145 Å². The van der Waals surface area contributed by atoms with Crippen LogP contribution in [-0.4, -0.2) is 51.5 Å². The summed E-state index contributed by atoms with van der Waals surface area (Å²) >= 11 is 4.98. The van der Waals surface area contributed by atoms with Crippen molar-refractivity contribution >= 4 is 35.0 Å². The summed E-state index contributed by atoms with van der Waals surface area (Å²) in [6.07, 6.45) is -3.98. The van der Waals surface area contributed by atoms with E-state index in [0.717, 1.165) is 17.0 Å². The van der Waals surface area contributed by atoms with Crippen LogP contribution < -0.4 is 10.6 Å². The van der Waals surface area contributed by atoms with E-state index in [1.807, 2.05) is 0 Å². The first-order valence-corrected chi connectivity index (χ1v) is 8.00. The first-order valence-electron chi connectivity index (χ1n) is 7.59. The summed E-state index contributed by atoms with van der Waals surface area (Å²) in [5.41, 5.74) is 4.67. The number of hydrogen-bond acceptors (Lipinski definition) is 3. The molecule has 3 fully saturated rings. The van der Waals surface area contributed by atoms with Crippen molar-refractivity contribution in [3.8, 4) is 0 Å². The molecule has 4 rings (SSSR count). The van der Waals surface area contributed by atoms with Gasteiger partial charge in [-0.2, -0.15) is 13.2 Å². The number of fused-ring (bicyclic) bond motifs is 5. The number of thiocarbonyl (C=S) groups is 1. The summed E-state index contributed by atoms with van der Waals surface area (Å²) in [5.74, 6) is -0.544. The number of nitrogens with zero attached hydrogens (tertiary/aromatic N) is 3. The van der Waals surface area contributed by atoms with Crippen molar-refractivity contribution < 1.29 is 22.8 Å². The fraction of sp³-hybridized carbons (Fsp3) is 0.400. The molecule has 3 saturated heterocycles. The van der Waals surface area contributed by atoms with E-state index in [4.69, 9.17) is 18.0 Å². The first-order chi connectivity index (χ1) is 11.7. The molecule has 1 aromatic carbocycles. The van der Waals surface area contributed by atoms with Gasteiger partial charge in [0.1, 0.15) is 6.04 Å². The van der Waals surface area contributed by atoms with E-state index in [-0.39, 0.29) is 22.9 Å². The number of carbonyl (C=O) groups excluding carboxylic acids is 2. The lowest BCUT2D eigenvalue weighted by Gasteiger charge is -2.35. The van der Waals surface area contributed by atoms with Gasteiger partial charge < -0.3 is 15.5 Å². The van der Waals surface area contributed by atoms with Crippen molar-refractivity contribution in [3.05, 3.63) is 29.8 Å². The second kappa shape index (κ2) is 5.07. The average Bonchev–Trinajstić information content (AvgIpc) is 3.18. The largest absolute Gasteiger partial charge is 0.416 e. The highest BCUT2D eigenvalue weighted by Gasteiger charge is 2.62. The molecule has 6 nitrogen and oxygen atoms in total. The molecule has 3 atom stereocenters. The Morgan fingerprint density at radius 1 is 1.28 bits per heavy atom. The highest BCUT2D eigenvalue weighted by atomic mass is 32.1. The van der Waals surface area contributed by atoms with Crippen molar-refractivity contribution in [3.63, 3.8) is 0 Å². The minimum Gasteiger partial charge on any atom is -0.376 e. The number of likely N-dealkylation sites (tertiary alicyclic amines) is 1. The zero-order chi connectivity index (χ0) is 18.1. The van der Waals surface area contributed by atoms with E-state index in [9.17, 15) is 22.8 Å². The molecule has 132 valence electrons. The van der Waals surface area contributed by atoms with Crippen LogP contribution in [0.1, 0.15) is 12.0 Å². The Balaban J connectivity index is 1.70. The Bertz CT molecular complexity index is 799. The zero-order valence-corrected chi connectivity index (χ0v) is 13.5. The van der Waals surface area contributed by atoms with Crippen LogP contribution in [0.15, 0.2) is 24.3 Å². The molecule has 2 bridgehead atoms. The third kappa shape index (κ3) is 2.20. The smallest absolute Gasteiger partial charge is 0.376 e. The highest BCUT2D eigenvalue weighted by Crippen LogP contribution is 2.42. The highest BCUT2D eigenvalue weighted by molar-refractivity contribution is 7.80. The Morgan fingerprint density at radius 3 is 2.64 bits per heavy atom. The quantitative estimate of drug-likeness (QED) is 0.600. The van der Waals surface area contributed by atoms with Crippen LogP contribution >= 0.6 is 12.2 Å². The van der Waals surface area contributed by atoms with Gasteiger partial charge in [-0.1, -0.05) is 6.07 Å². The number of carbonyl (C=O) groups is 2. The summed E-state index contributed by atoms with van der Waals surface area (Å²) in [6.45, 7) is 0.436. The maximum Gasteiger partial charge on any atom is 0.416 e.